The van der Waals surface area contributed by atoms with Crippen LogP contribution in [-0.2, 0) is 9.47 Å². The van der Waals surface area contributed by atoms with Crippen LogP contribution in [0, 0.1) is 0 Å². The molecule has 1 aliphatic rings. The number of rotatable bonds is 1. The number of nitrogens with one attached hydrogen (secondary N) is 1. The predicted octanol–water partition coefficient (Wildman–Crippen LogP) is 0.130. The zero-order chi connectivity index (χ0) is 5.82. The van der Waals surface area contributed by atoms with Gasteiger partial charge in [-0.2, -0.15) is 0 Å². The van der Waals surface area contributed by atoms with Gasteiger partial charge in [0.15, 0.2) is 0 Å². The Morgan fingerprint density at radius 3 is 2.50 bits per heavy atom. The minimum absolute atomic E-state index is 0.156. The summed E-state index contributed by atoms with van der Waals surface area (Å²) in [6, 6.07) is 0. The quantitative estimate of drug-likeness (QED) is 0.518. The minimum Gasteiger partial charge on any atom is -0.335 e. The van der Waals surface area contributed by atoms with E-state index in [0.717, 1.165) is 21.3 Å². The van der Waals surface area contributed by atoms with E-state index < -0.39 is 0 Å². The molecule has 3 nitrogen and oxygen atoms in total. The maximum absolute atomic E-state index is 5.11. The summed E-state index contributed by atoms with van der Waals surface area (Å²) in [5.41, 5.74) is 0. The highest BCUT2D eigenvalue weighted by molar-refractivity contribution is 7.37. The molecular formula is C4H10NO2P. The van der Waals surface area contributed by atoms with E-state index in [-0.39, 0.29) is 6.41 Å². The first-order valence-electron chi connectivity index (χ1n) is 2.54. The monoisotopic (exact) mass is 135 g/mol. The fraction of sp³-hybridized carbons (Fsp3) is 1.00. The average molecular weight is 135 g/mol. The molecular weight excluding hydrogens is 125 g/mol. The second-order valence-corrected chi connectivity index (χ2v) is 2.57. The maximum Gasteiger partial charge on any atom is 0.216 e. The Kier molecular flexibility index (Phi) is 2.70. The average Bonchev–Trinajstić information content (AvgIpc) is 1.90. The summed E-state index contributed by atoms with van der Waals surface area (Å²) in [4.78, 5) is 0. The zero-order valence-corrected chi connectivity index (χ0v) is 5.81. The molecule has 0 spiro atoms. The van der Waals surface area contributed by atoms with Gasteiger partial charge in [-0.1, -0.05) is 8.58 Å². The van der Waals surface area contributed by atoms with Gasteiger partial charge in [0.25, 0.3) is 0 Å². The third-order valence-electron chi connectivity index (χ3n) is 0.909. The van der Waals surface area contributed by atoms with Crippen molar-refractivity contribution < 1.29 is 9.47 Å². The van der Waals surface area contributed by atoms with Crippen molar-refractivity contribution in [2.75, 3.05) is 19.7 Å². The molecule has 4 heteroatoms. The van der Waals surface area contributed by atoms with E-state index >= 15 is 0 Å². The van der Waals surface area contributed by atoms with Gasteiger partial charge in [0, 0.05) is 0 Å². The normalized spacial score (nSPS) is 33.4. The van der Waals surface area contributed by atoms with Gasteiger partial charge in [-0.15, -0.1) is 0 Å². The number of hydrogen-bond acceptors (Lipinski definition) is 3. The third-order valence-corrected chi connectivity index (χ3v) is 1.65. The van der Waals surface area contributed by atoms with Crippen molar-refractivity contribution in [1.29, 1.82) is 0 Å². The van der Waals surface area contributed by atoms with Crippen LogP contribution in [0.1, 0.15) is 0 Å². The summed E-state index contributed by atoms with van der Waals surface area (Å²) in [5.74, 6) is 0. The molecule has 1 rings (SSSR count). The Hall–Kier alpha value is 0.310. The fourth-order valence-corrected chi connectivity index (χ4v) is 1.15. The lowest BCUT2D eigenvalue weighted by Crippen LogP contribution is -2.33. The van der Waals surface area contributed by atoms with Gasteiger partial charge in [-0.05, 0) is 7.05 Å². The molecule has 0 aromatic carbocycles. The van der Waals surface area contributed by atoms with Gasteiger partial charge in [0.2, 0.25) is 6.41 Å². The molecule has 1 N–H and O–H groups in total. The zero-order valence-electron chi connectivity index (χ0n) is 4.81. The Morgan fingerprint density at radius 2 is 2.12 bits per heavy atom. The molecule has 48 valence electrons. The lowest BCUT2D eigenvalue weighted by Gasteiger charge is -2.21. The molecule has 1 heterocycles. The summed E-state index contributed by atoms with van der Waals surface area (Å²) in [6.45, 7) is 0. The Morgan fingerprint density at radius 1 is 1.50 bits per heavy atom. The van der Waals surface area contributed by atoms with E-state index in [2.05, 4.69) is 5.32 Å². The Balaban J connectivity index is 2.13. The minimum atomic E-state index is -0.156. The van der Waals surface area contributed by atoms with Gasteiger partial charge in [-0.3, -0.25) is 5.32 Å². The van der Waals surface area contributed by atoms with Crippen LogP contribution < -0.4 is 5.32 Å². The van der Waals surface area contributed by atoms with E-state index in [1.54, 1.807) is 0 Å². The van der Waals surface area contributed by atoms with Crippen LogP contribution in [0.4, 0.5) is 0 Å². The molecule has 1 saturated heterocycles. The number of ether oxygens (including phenoxy) is 2. The van der Waals surface area contributed by atoms with Crippen LogP contribution in [0.5, 0.6) is 0 Å². The van der Waals surface area contributed by atoms with Crippen molar-refractivity contribution >= 4 is 8.58 Å². The van der Waals surface area contributed by atoms with Gasteiger partial charge in [0.05, 0.1) is 12.7 Å². The number of hydrogen-bond donors (Lipinski definition) is 1. The van der Waals surface area contributed by atoms with E-state index in [0.29, 0.717) is 0 Å². The summed E-state index contributed by atoms with van der Waals surface area (Å²) >= 11 is 0. The van der Waals surface area contributed by atoms with Crippen LogP contribution in [0.3, 0.4) is 0 Å². The highest BCUT2D eigenvalue weighted by Gasteiger charge is 2.09. The molecule has 0 atom stereocenters. The van der Waals surface area contributed by atoms with Crippen LogP contribution in [-0.4, -0.2) is 26.2 Å². The van der Waals surface area contributed by atoms with Crippen molar-refractivity contribution in [2.45, 2.75) is 6.41 Å². The van der Waals surface area contributed by atoms with Crippen molar-refractivity contribution in [3.63, 3.8) is 0 Å². The molecule has 0 aromatic rings. The van der Waals surface area contributed by atoms with Crippen LogP contribution >= 0.6 is 8.58 Å². The predicted molar refractivity (Wildman–Crippen MR) is 33.1 cm³/mol. The third kappa shape index (κ3) is 1.67. The summed E-state index contributed by atoms with van der Waals surface area (Å²) in [7, 11) is 2.62. The Labute approximate surface area is 50.5 Å². The van der Waals surface area contributed by atoms with Crippen LogP contribution in [0.25, 0.3) is 0 Å². The second-order valence-electron chi connectivity index (χ2n) is 1.49. The van der Waals surface area contributed by atoms with Crippen LogP contribution in [0.15, 0.2) is 0 Å². The lowest BCUT2D eigenvalue weighted by molar-refractivity contribution is -0.142. The second kappa shape index (κ2) is 3.36. The maximum atomic E-state index is 5.11. The van der Waals surface area contributed by atoms with Gasteiger partial charge >= 0.3 is 0 Å². The lowest BCUT2D eigenvalue weighted by atomic mass is 11.0. The Bertz CT molecular complexity index is 65.1. The molecule has 8 heavy (non-hydrogen) atoms. The van der Waals surface area contributed by atoms with Crippen molar-refractivity contribution in [1.82, 2.24) is 5.32 Å². The highest BCUT2D eigenvalue weighted by atomic mass is 31.1. The first kappa shape index (κ1) is 6.43. The smallest absolute Gasteiger partial charge is 0.216 e. The van der Waals surface area contributed by atoms with Gasteiger partial charge in [-0.25, -0.2) is 0 Å². The van der Waals surface area contributed by atoms with E-state index in [9.17, 15) is 0 Å². The molecule has 0 saturated carbocycles. The SMILES string of the molecule is CNC1OCPCO1. The molecule has 0 unspecified atom stereocenters. The molecule has 0 aliphatic carbocycles. The van der Waals surface area contributed by atoms with E-state index in [1.807, 2.05) is 7.05 Å². The highest BCUT2D eigenvalue weighted by Crippen LogP contribution is 2.17. The molecule has 0 aromatic heterocycles. The first-order chi connectivity index (χ1) is 3.93. The van der Waals surface area contributed by atoms with Crippen molar-refractivity contribution in [2.24, 2.45) is 0 Å². The standard InChI is InChI=1S/C4H10NO2P/c1-5-4-6-2-8-3-7-4/h4-5,8H,2-3H2,1H3. The fourth-order valence-electron chi connectivity index (χ4n) is 0.526. The molecule has 0 radical (unpaired) electrons. The van der Waals surface area contributed by atoms with Crippen molar-refractivity contribution in [3.8, 4) is 0 Å². The van der Waals surface area contributed by atoms with Gasteiger partial charge in [0.1, 0.15) is 0 Å². The topological polar surface area (TPSA) is 30.5 Å². The summed E-state index contributed by atoms with van der Waals surface area (Å²) in [6.07, 6.45) is 1.52. The first-order valence-corrected chi connectivity index (χ1v) is 3.96. The molecule has 1 aliphatic heterocycles. The molecule has 1 fully saturated rings. The van der Waals surface area contributed by atoms with Gasteiger partial charge < -0.3 is 9.47 Å². The summed E-state index contributed by atoms with van der Waals surface area (Å²) in [5, 5.41) is 2.86. The van der Waals surface area contributed by atoms with E-state index in [4.69, 9.17) is 9.47 Å². The summed E-state index contributed by atoms with van der Waals surface area (Å²) < 4.78 is 10.2. The van der Waals surface area contributed by atoms with Crippen LogP contribution in [0.2, 0.25) is 0 Å². The largest absolute Gasteiger partial charge is 0.335 e. The molecule has 0 amide bonds. The van der Waals surface area contributed by atoms with Crippen molar-refractivity contribution in [3.05, 3.63) is 0 Å². The van der Waals surface area contributed by atoms with E-state index in [1.165, 1.54) is 0 Å². The molecule has 0 bridgehead atoms.